The van der Waals surface area contributed by atoms with Gasteiger partial charge in [-0.25, -0.2) is 0 Å². The molecule has 2 amide bonds. The van der Waals surface area contributed by atoms with Crippen molar-refractivity contribution in [2.75, 3.05) is 11.9 Å². The number of ether oxygens (including phenoxy) is 1. The van der Waals surface area contributed by atoms with E-state index in [0.717, 1.165) is 12.8 Å². The number of para-hydroxylation sites is 1. The molecule has 0 radical (unpaired) electrons. The molecule has 0 aromatic heterocycles. The molecule has 1 aliphatic carbocycles. The van der Waals surface area contributed by atoms with E-state index in [1.165, 1.54) is 19.3 Å². The summed E-state index contributed by atoms with van der Waals surface area (Å²) in [6.45, 7) is -0.317. The van der Waals surface area contributed by atoms with Crippen LogP contribution in [0, 0.1) is 0 Å². The largest absolute Gasteiger partial charge is 0.456 e. The van der Waals surface area contributed by atoms with Crippen molar-refractivity contribution >= 4 is 23.5 Å². The van der Waals surface area contributed by atoms with E-state index in [1.807, 2.05) is 6.07 Å². The van der Waals surface area contributed by atoms with Gasteiger partial charge in [0.2, 0.25) is 5.91 Å². The van der Waals surface area contributed by atoms with Gasteiger partial charge >= 0.3 is 5.97 Å². The molecular weight excluding hydrogens is 320 g/mol. The lowest BCUT2D eigenvalue weighted by Gasteiger charge is -2.22. The first-order valence-electron chi connectivity index (χ1n) is 8.93. The molecule has 0 heterocycles. The Morgan fingerprint density at radius 3 is 2.40 bits per heavy atom. The number of carbonyl (C=O) groups excluding carboxylic acids is 3. The molecule has 1 fully saturated rings. The molecule has 136 valence electrons. The van der Waals surface area contributed by atoms with Crippen molar-refractivity contribution in [3.8, 4) is 0 Å². The second-order valence-corrected chi connectivity index (χ2v) is 6.33. The molecule has 0 unspecified atom stereocenters. The zero-order valence-corrected chi connectivity index (χ0v) is 14.5. The predicted octanol–water partition coefficient (Wildman–Crippen LogP) is 2.79. The number of rotatable bonds is 8. The Hall–Kier alpha value is -2.37. The van der Waals surface area contributed by atoms with Crippen molar-refractivity contribution in [3.63, 3.8) is 0 Å². The first-order chi connectivity index (χ1) is 12.1. The van der Waals surface area contributed by atoms with Gasteiger partial charge in [-0.2, -0.15) is 0 Å². The summed E-state index contributed by atoms with van der Waals surface area (Å²) in [7, 11) is 0. The van der Waals surface area contributed by atoms with Gasteiger partial charge in [-0.1, -0.05) is 37.5 Å². The third kappa shape index (κ3) is 7.83. The molecule has 0 spiro atoms. The van der Waals surface area contributed by atoms with Gasteiger partial charge in [-0.15, -0.1) is 0 Å². The number of benzene rings is 1. The second kappa shape index (κ2) is 10.5. The predicted molar refractivity (Wildman–Crippen MR) is 94.9 cm³/mol. The highest BCUT2D eigenvalue weighted by Crippen LogP contribution is 2.17. The average molecular weight is 346 g/mol. The standard InChI is InChI=1S/C19H26N2O4/c22-17(20-15-8-3-1-4-9-15)12-7-13-19(24)25-14-18(23)21-16-10-5-2-6-11-16/h2,5-6,10-11,15H,1,3-4,7-9,12-14H2,(H,20,22)(H,21,23). The van der Waals surface area contributed by atoms with Gasteiger partial charge in [-0.05, 0) is 31.4 Å². The van der Waals surface area contributed by atoms with E-state index < -0.39 is 5.97 Å². The molecule has 1 aliphatic rings. The van der Waals surface area contributed by atoms with Crippen LogP contribution in [0.15, 0.2) is 30.3 Å². The van der Waals surface area contributed by atoms with E-state index in [0.29, 0.717) is 18.5 Å². The Bertz CT molecular complexity index is 568. The van der Waals surface area contributed by atoms with Crippen LogP contribution < -0.4 is 10.6 Å². The highest BCUT2D eigenvalue weighted by atomic mass is 16.5. The van der Waals surface area contributed by atoms with E-state index >= 15 is 0 Å². The Balaban J connectivity index is 1.54. The Kier molecular flexibility index (Phi) is 7.95. The van der Waals surface area contributed by atoms with Crippen LogP contribution in [0.3, 0.4) is 0 Å². The lowest BCUT2D eigenvalue weighted by molar-refractivity contribution is -0.147. The molecular formula is C19H26N2O4. The molecule has 6 nitrogen and oxygen atoms in total. The Morgan fingerprint density at radius 1 is 0.960 bits per heavy atom. The SMILES string of the molecule is O=C(COC(=O)CCCC(=O)NC1CCCCC1)Nc1ccccc1. The van der Waals surface area contributed by atoms with Crippen LogP contribution in [0.1, 0.15) is 51.4 Å². The van der Waals surface area contributed by atoms with Gasteiger partial charge in [0.1, 0.15) is 0 Å². The summed E-state index contributed by atoms with van der Waals surface area (Å²) in [5.74, 6) is -0.857. The second-order valence-electron chi connectivity index (χ2n) is 6.33. The highest BCUT2D eigenvalue weighted by Gasteiger charge is 2.16. The Morgan fingerprint density at radius 2 is 1.68 bits per heavy atom. The Labute approximate surface area is 148 Å². The van der Waals surface area contributed by atoms with Crippen molar-refractivity contribution in [1.29, 1.82) is 0 Å². The summed E-state index contributed by atoms with van der Waals surface area (Å²) >= 11 is 0. The van der Waals surface area contributed by atoms with E-state index in [1.54, 1.807) is 24.3 Å². The van der Waals surface area contributed by atoms with E-state index in [2.05, 4.69) is 10.6 Å². The lowest BCUT2D eigenvalue weighted by atomic mass is 9.95. The summed E-state index contributed by atoms with van der Waals surface area (Å²) in [5.41, 5.74) is 0.655. The molecule has 0 atom stereocenters. The summed E-state index contributed by atoms with van der Waals surface area (Å²) < 4.78 is 4.93. The first kappa shape index (κ1) is 19.0. The maximum atomic E-state index is 11.8. The van der Waals surface area contributed by atoms with Crippen LogP contribution >= 0.6 is 0 Å². The fourth-order valence-electron chi connectivity index (χ4n) is 2.88. The van der Waals surface area contributed by atoms with Crippen molar-refractivity contribution in [1.82, 2.24) is 5.32 Å². The maximum absolute atomic E-state index is 11.8. The summed E-state index contributed by atoms with van der Waals surface area (Å²) in [5, 5.41) is 5.65. The number of hydrogen-bond donors (Lipinski definition) is 2. The van der Waals surface area contributed by atoms with Crippen molar-refractivity contribution in [2.45, 2.75) is 57.4 Å². The van der Waals surface area contributed by atoms with Gasteiger partial charge in [0, 0.05) is 24.6 Å². The smallest absolute Gasteiger partial charge is 0.306 e. The minimum atomic E-state index is -0.464. The quantitative estimate of drug-likeness (QED) is 0.709. The van der Waals surface area contributed by atoms with E-state index in [9.17, 15) is 14.4 Å². The van der Waals surface area contributed by atoms with Gasteiger partial charge in [-0.3, -0.25) is 14.4 Å². The summed E-state index contributed by atoms with van der Waals surface area (Å²) in [6, 6.07) is 9.25. The number of esters is 1. The van der Waals surface area contributed by atoms with Crippen LogP contribution in [0.2, 0.25) is 0 Å². The molecule has 0 saturated heterocycles. The minimum Gasteiger partial charge on any atom is -0.456 e. The summed E-state index contributed by atoms with van der Waals surface area (Å²) in [6.07, 6.45) is 6.55. The molecule has 2 rings (SSSR count). The summed E-state index contributed by atoms with van der Waals surface area (Å²) in [4.78, 5) is 35.1. The van der Waals surface area contributed by atoms with Crippen molar-refractivity contribution in [2.24, 2.45) is 0 Å². The number of hydrogen-bond acceptors (Lipinski definition) is 4. The van der Waals surface area contributed by atoms with Crippen molar-refractivity contribution in [3.05, 3.63) is 30.3 Å². The molecule has 25 heavy (non-hydrogen) atoms. The van der Waals surface area contributed by atoms with Gasteiger partial charge in [0.05, 0.1) is 0 Å². The zero-order chi connectivity index (χ0) is 17.9. The maximum Gasteiger partial charge on any atom is 0.306 e. The number of anilines is 1. The highest BCUT2D eigenvalue weighted by molar-refractivity contribution is 5.92. The minimum absolute atomic E-state index is 0.0125. The number of carbonyl (C=O) groups is 3. The van der Waals surface area contributed by atoms with Crippen LogP contribution in [-0.2, 0) is 19.1 Å². The molecule has 0 aliphatic heterocycles. The topological polar surface area (TPSA) is 84.5 Å². The molecule has 1 aromatic rings. The normalized spacial score (nSPS) is 14.6. The fourth-order valence-corrected chi connectivity index (χ4v) is 2.88. The fraction of sp³-hybridized carbons (Fsp3) is 0.526. The first-order valence-corrected chi connectivity index (χ1v) is 8.93. The third-order valence-electron chi connectivity index (χ3n) is 4.18. The molecule has 1 saturated carbocycles. The van der Waals surface area contributed by atoms with Gasteiger partial charge in [0.25, 0.3) is 5.91 Å². The molecule has 2 N–H and O–H groups in total. The average Bonchev–Trinajstić information content (AvgIpc) is 2.62. The zero-order valence-electron chi connectivity index (χ0n) is 14.5. The third-order valence-corrected chi connectivity index (χ3v) is 4.18. The van der Waals surface area contributed by atoms with E-state index in [-0.39, 0.29) is 30.9 Å². The van der Waals surface area contributed by atoms with Crippen LogP contribution in [0.25, 0.3) is 0 Å². The molecule has 6 heteroatoms. The van der Waals surface area contributed by atoms with Crippen LogP contribution in [0.4, 0.5) is 5.69 Å². The van der Waals surface area contributed by atoms with Crippen LogP contribution in [-0.4, -0.2) is 30.4 Å². The number of amides is 2. The monoisotopic (exact) mass is 346 g/mol. The molecule has 1 aromatic carbocycles. The van der Waals surface area contributed by atoms with Gasteiger partial charge < -0.3 is 15.4 Å². The molecule has 0 bridgehead atoms. The van der Waals surface area contributed by atoms with Gasteiger partial charge in [0.15, 0.2) is 6.61 Å². The lowest BCUT2D eigenvalue weighted by Crippen LogP contribution is -2.36. The van der Waals surface area contributed by atoms with Crippen molar-refractivity contribution < 1.29 is 19.1 Å². The van der Waals surface area contributed by atoms with E-state index in [4.69, 9.17) is 4.74 Å². The van der Waals surface area contributed by atoms with Crippen LogP contribution in [0.5, 0.6) is 0 Å². The number of nitrogens with one attached hydrogen (secondary N) is 2.